The first kappa shape index (κ1) is 13.2. The van der Waals surface area contributed by atoms with E-state index < -0.39 is 18.0 Å². The summed E-state index contributed by atoms with van der Waals surface area (Å²) in [5, 5.41) is 9.48. The van der Waals surface area contributed by atoms with Gasteiger partial charge in [-0.2, -0.15) is 0 Å². The Kier molecular flexibility index (Phi) is 4.23. The van der Waals surface area contributed by atoms with Crippen molar-refractivity contribution < 1.29 is 24.2 Å². The number of carbonyl (C=O) groups excluding carboxylic acids is 2. The van der Waals surface area contributed by atoms with Crippen molar-refractivity contribution >= 4 is 11.9 Å². The number of ether oxygens (including phenoxy) is 2. The highest BCUT2D eigenvalue weighted by atomic mass is 16.5. The molecule has 0 spiro atoms. The smallest absolute Gasteiger partial charge is 0.337 e. The molecule has 1 aromatic carbocycles. The summed E-state index contributed by atoms with van der Waals surface area (Å²) in [6.45, 7) is 1.54. The van der Waals surface area contributed by atoms with Crippen LogP contribution in [0.25, 0.3) is 0 Å². The molecule has 1 aromatic rings. The first-order valence-corrected chi connectivity index (χ1v) is 4.99. The van der Waals surface area contributed by atoms with E-state index in [0.717, 1.165) is 0 Å². The van der Waals surface area contributed by atoms with Gasteiger partial charge >= 0.3 is 11.9 Å². The standard InChI is InChI=1S/C12H14O5/c1-7(13)8-4-9(11(14)16-2)6-10(5-8)12(15)17-3/h4-7,13H,1-3H3. The lowest BCUT2D eigenvalue weighted by Crippen LogP contribution is -2.08. The van der Waals surface area contributed by atoms with Crippen LogP contribution in [0.4, 0.5) is 0 Å². The van der Waals surface area contributed by atoms with Gasteiger partial charge in [-0.15, -0.1) is 0 Å². The molecule has 0 aliphatic carbocycles. The summed E-state index contributed by atoms with van der Waals surface area (Å²) in [6, 6.07) is 4.31. The Bertz CT molecular complexity index is 402. The number of carbonyl (C=O) groups is 2. The molecule has 0 radical (unpaired) electrons. The summed E-state index contributed by atoms with van der Waals surface area (Å²) < 4.78 is 9.13. The molecule has 1 N–H and O–H groups in total. The predicted octanol–water partition coefficient (Wildman–Crippen LogP) is 1.31. The Morgan fingerprint density at radius 1 is 1.06 bits per heavy atom. The minimum Gasteiger partial charge on any atom is -0.465 e. The third-order valence-electron chi connectivity index (χ3n) is 2.28. The second-order valence-electron chi connectivity index (χ2n) is 3.50. The van der Waals surface area contributed by atoms with E-state index >= 15 is 0 Å². The molecule has 92 valence electrons. The van der Waals surface area contributed by atoms with Crippen molar-refractivity contribution in [1.82, 2.24) is 0 Å². The summed E-state index contributed by atoms with van der Waals surface area (Å²) >= 11 is 0. The van der Waals surface area contributed by atoms with Gasteiger partial charge < -0.3 is 14.6 Å². The van der Waals surface area contributed by atoms with E-state index in [0.29, 0.717) is 5.56 Å². The van der Waals surface area contributed by atoms with Crippen LogP contribution in [0.3, 0.4) is 0 Å². The molecule has 0 amide bonds. The van der Waals surface area contributed by atoms with Crippen LogP contribution in [-0.4, -0.2) is 31.3 Å². The van der Waals surface area contributed by atoms with Crippen molar-refractivity contribution in [3.63, 3.8) is 0 Å². The number of rotatable bonds is 3. The van der Waals surface area contributed by atoms with Crippen molar-refractivity contribution in [3.05, 3.63) is 34.9 Å². The highest BCUT2D eigenvalue weighted by Crippen LogP contribution is 2.18. The van der Waals surface area contributed by atoms with Gasteiger partial charge in [0.25, 0.3) is 0 Å². The lowest BCUT2D eigenvalue weighted by molar-refractivity contribution is 0.0598. The molecule has 5 heteroatoms. The van der Waals surface area contributed by atoms with E-state index in [1.807, 2.05) is 0 Å². The van der Waals surface area contributed by atoms with E-state index in [4.69, 9.17) is 0 Å². The predicted molar refractivity (Wildman–Crippen MR) is 59.8 cm³/mol. The number of esters is 2. The van der Waals surface area contributed by atoms with Crippen molar-refractivity contribution in [1.29, 1.82) is 0 Å². The van der Waals surface area contributed by atoms with Crippen LogP contribution in [-0.2, 0) is 9.47 Å². The Morgan fingerprint density at radius 3 is 1.76 bits per heavy atom. The van der Waals surface area contributed by atoms with Gasteiger partial charge in [0.2, 0.25) is 0 Å². The summed E-state index contributed by atoms with van der Waals surface area (Å²) in [5.41, 5.74) is 0.853. The first-order chi connectivity index (χ1) is 7.99. The monoisotopic (exact) mass is 238 g/mol. The molecular formula is C12H14O5. The zero-order valence-corrected chi connectivity index (χ0v) is 9.89. The van der Waals surface area contributed by atoms with Crippen molar-refractivity contribution in [2.45, 2.75) is 13.0 Å². The fourth-order valence-electron chi connectivity index (χ4n) is 1.36. The van der Waals surface area contributed by atoms with Gasteiger partial charge in [-0.1, -0.05) is 0 Å². The third-order valence-corrected chi connectivity index (χ3v) is 2.28. The molecule has 0 heterocycles. The summed E-state index contributed by atoms with van der Waals surface area (Å²) in [7, 11) is 2.49. The Hall–Kier alpha value is -1.88. The molecular weight excluding hydrogens is 224 g/mol. The van der Waals surface area contributed by atoms with Crippen LogP contribution in [0.15, 0.2) is 18.2 Å². The fraction of sp³-hybridized carbons (Fsp3) is 0.333. The molecule has 0 bridgehead atoms. The first-order valence-electron chi connectivity index (χ1n) is 4.99. The molecule has 1 unspecified atom stereocenters. The highest BCUT2D eigenvalue weighted by molar-refractivity contribution is 5.95. The summed E-state index contributed by atoms with van der Waals surface area (Å²) in [5.74, 6) is -1.14. The quantitative estimate of drug-likeness (QED) is 0.804. The average Bonchev–Trinajstić information content (AvgIpc) is 2.36. The van der Waals surface area contributed by atoms with Crippen molar-refractivity contribution in [2.24, 2.45) is 0 Å². The maximum Gasteiger partial charge on any atom is 0.337 e. The molecule has 0 aliphatic rings. The summed E-state index contributed by atoms with van der Waals surface area (Å²) in [6.07, 6.45) is -0.789. The Morgan fingerprint density at radius 2 is 1.47 bits per heavy atom. The second-order valence-corrected chi connectivity index (χ2v) is 3.50. The van der Waals surface area contributed by atoms with Crippen LogP contribution < -0.4 is 0 Å². The Labute approximate surface area is 99.0 Å². The van der Waals surface area contributed by atoms with Crippen LogP contribution in [0.1, 0.15) is 39.3 Å². The Balaban J connectivity index is 3.28. The van der Waals surface area contributed by atoms with Gasteiger partial charge in [0.1, 0.15) is 0 Å². The van der Waals surface area contributed by atoms with Gasteiger partial charge in [0, 0.05) is 0 Å². The maximum atomic E-state index is 11.4. The normalized spacial score (nSPS) is 11.8. The average molecular weight is 238 g/mol. The molecule has 17 heavy (non-hydrogen) atoms. The number of methoxy groups -OCH3 is 2. The lowest BCUT2D eigenvalue weighted by Gasteiger charge is -2.09. The third kappa shape index (κ3) is 3.04. The zero-order valence-electron chi connectivity index (χ0n) is 9.89. The topological polar surface area (TPSA) is 72.8 Å². The van der Waals surface area contributed by atoms with Gasteiger partial charge in [0.05, 0.1) is 31.5 Å². The molecule has 0 aliphatic heterocycles. The van der Waals surface area contributed by atoms with Gasteiger partial charge in [0.15, 0.2) is 0 Å². The van der Waals surface area contributed by atoms with Crippen LogP contribution in [0.2, 0.25) is 0 Å². The molecule has 0 fully saturated rings. The molecule has 1 atom stereocenters. The molecule has 1 rings (SSSR count). The van der Waals surface area contributed by atoms with Crippen molar-refractivity contribution in [2.75, 3.05) is 14.2 Å². The van der Waals surface area contributed by atoms with Gasteiger partial charge in [-0.05, 0) is 30.7 Å². The minimum absolute atomic E-state index is 0.200. The SMILES string of the molecule is COC(=O)c1cc(C(=O)OC)cc(C(C)O)c1. The second kappa shape index (κ2) is 5.45. The van der Waals surface area contributed by atoms with Crippen molar-refractivity contribution in [3.8, 4) is 0 Å². The van der Waals surface area contributed by atoms with Crippen LogP contribution >= 0.6 is 0 Å². The van der Waals surface area contributed by atoms with E-state index in [1.54, 1.807) is 0 Å². The zero-order chi connectivity index (χ0) is 13.0. The highest BCUT2D eigenvalue weighted by Gasteiger charge is 2.15. The van der Waals surface area contributed by atoms with E-state index in [2.05, 4.69) is 9.47 Å². The summed E-state index contributed by atoms with van der Waals surface area (Å²) in [4.78, 5) is 22.8. The van der Waals surface area contributed by atoms with Crippen LogP contribution in [0.5, 0.6) is 0 Å². The molecule has 5 nitrogen and oxygen atoms in total. The van der Waals surface area contributed by atoms with E-state index in [9.17, 15) is 14.7 Å². The number of aliphatic hydroxyl groups is 1. The number of hydrogen-bond donors (Lipinski definition) is 1. The van der Waals surface area contributed by atoms with E-state index in [1.165, 1.54) is 39.3 Å². The molecule has 0 saturated heterocycles. The number of aliphatic hydroxyl groups excluding tert-OH is 1. The fourth-order valence-corrected chi connectivity index (χ4v) is 1.36. The minimum atomic E-state index is -0.789. The number of benzene rings is 1. The molecule has 0 saturated carbocycles. The largest absolute Gasteiger partial charge is 0.465 e. The lowest BCUT2D eigenvalue weighted by atomic mass is 10.0. The van der Waals surface area contributed by atoms with Gasteiger partial charge in [-0.25, -0.2) is 9.59 Å². The van der Waals surface area contributed by atoms with Crippen LogP contribution in [0, 0.1) is 0 Å². The molecule has 0 aromatic heterocycles. The van der Waals surface area contributed by atoms with Gasteiger partial charge in [-0.3, -0.25) is 0 Å². The van der Waals surface area contributed by atoms with E-state index in [-0.39, 0.29) is 11.1 Å². The number of hydrogen-bond acceptors (Lipinski definition) is 5. The maximum absolute atomic E-state index is 11.4.